The lowest BCUT2D eigenvalue weighted by molar-refractivity contribution is -0.146. The van der Waals surface area contributed by atoms with Gasteiger partial charge < -0.3 is 4.74 Å². The number of ether oxygens (including phenoxy) is 1. The summed E-state index contributed by atoms with van der Waals surface area (Å²) in [5.74, 6) is -0.305. The monoisotopic (exact) mass is 238 g/mol. The van der Waals surface area contributed by atoms with Gasteiger partial charge in [-0.25, -0.2) is 4.79 Å². The summed E-state index contributed by atoms with van der Waals surface area (Å²) in [6.45, 7) is 0. The van der Waals surface area contributed by atoms with Crippen LogP contribution in [-0.2, 0) is 14.4 Å². The van der Waals surface area contributed by atoms with E-state index in [4.69, 9.17) is 9.57 Å². The predicted octanol–water partition coefficient (Wildman–Crippen LogP) is 1.44. The van der Waals surface area contributed by atoms with Crippen molar-refractivity contribution in [3.8, 4) is 0 Å². The molecule has 1 N–H and O–H groups in total. The van der Waals surface area contributed by atoms with Gasteiger partial charge >= 0.3 is 5.97 Å². The van der Waals surface area contributed by atoms with Crippen molar-refractivity contribution in [3.63, 3.8) is 0 Å². The Balaban J connectivity index is 3.13. The number of rotatable bonds is 5. The molecule has 94 valence electrons. The number of carbonyl (C=O) groups excluding carboxylic acids is 1. The average molecular weight is 238 g/mol. The molecule has 17 heavy (non-hydrogen) atoms. The van der Waals surface area contributed by atoms with Crippen LogP contribution in [0, 0.1) is 0 Å². The van der Waals surface area contributed by atoms with E-state index in [9.17, 15) is 4.79 Å². The smallest absolute Gasteiger partial charge is 0.327 e. The SMILES string of the molecule is CONc1ccccc1[C@@H](C(=O)OC)N(C)C. The number of benzene rings is 1. The van der Waals surface area contributed by atoms with E-state index in [0.29, 0.717) is 0 Å². The molecule has 0 aromatic heterocycles. The molecule has 0 aliphatic rings. The van der Waals surface area contributed by atoms with Crippen LogP contribution < -0.4 is 5.48 Å². The number of carbonyl (C=O) groups is 1. The molecule has 0 bridgehead atoms. The third-order valence-corrected chi connectivity index (χ3v) is 2.41. The first-order chi connectivity index (χ1) is 8.11. The minimum Gasteiger partial charge on any atom is -0.468 e. The average Bonchev–Trinajstić information content (AvgIpc) is 2.31. The summed E-state index contributed by atoms with van der Waals surface area (Å²) >= 11 is 0. The molecule has 0 amide bonds. The highest BCUT2D eigenvalue weighted by atomic mass is 16.6. The Morgan fingerprint density at radius 1 is 1.29 bits per heavy atom. The van der Waals surface area contributed by atoms with Crippen LogP contribution in [0.3, 0.4) is 0 Å². The summed E-state index contributed by atoms with van der Waals surface area (Å²) in [5.41, 5.74) is 4.32. The maximum absolute atomic E-state index is 11.8. The van der Waals surface area contributed by atoms with Crippen LogP contribution in [0.25, 0.3) is 0 Å². The lowest BCUT2D eigenvalue weighted by Crippen LogP contribution is -2.29. The summed E-state index contributed by atoms with van der Waals surface area (Å²) < 4.78 is 4.81. The van der Waals surface area contributed by atoms with Gasteiger partial charge in [-0.1, -0.05) is 18.2 Å². The van der Waals surface area contributed by atoms with E-state index in [1.807, 2.05) is 38.4 Å². The second kappa shape index (κ2) is 6.22. The molecule has 0 saturated carbocycles. The summed E-state index contributed by atoms with van der Waals surface area (Å²) in [6, 6.07) is 6.99. The van der Waals surface area contributed by atoms with Crippen molar-refractivity contribution in [1.82, 2.24) is 4.90 Å². The van der Waals surface area contributed by atoms with Gasteiger partial charge in [-0.05, 0) is 20.2 Å². The maximum Gasteiger partial charge on any atom is 0.327 e. The Hall–Kier alpha value is -1.59. The van der Waals surface area contributed by atoms with Crippen LogP contribution >= 0.6 is 0 Å². The number of nitrogens with one attached hydrogen (secondary N) is 1. The molecule has 0 unspecified atom stereocenters. The number of nitrogens with zero attached hydrogens (tertiary/aromatic N) is 1. The zero-order valence-electron chi connectivity index (χ0n) is 10.6. The van der Waals surface area contributed by atoms with Gasteiger partial charge in [0, 0.05) is 5.56 Å². The van der Waals surface area contributed by atoms with E-state index in [1.54, 1.807) is 4.90 Å². The number of hydrogen-bond acceptors (Lipinski definition) is 5. The van der Waals surface area contributed by atoms with Crippen molar-refractivity contribution in [2.24, 2.45) is 0 Å². The molecule has 0 aliphatic carbocycles. The molecule has 5 nitrogen and oxygen atoms in total. The summed E-state index contributed by atoms with van der Waals surface area (Å²) in [6.07, 6.45) is 0. The van der Waals surface area contributed by atoms with E-state index >= 15 is 0 Å². The van der Waals surface area contributed by atoms with Gasteiger partial charge in [0.05, 0.1) is 19.9 Å². The highest BCUT2D eigenvalue weighted by Crippen LogP contribution is 2.27. The number of methoxy groups -OCH3 is 1. The van der Waals surface area contributed by atoms with Crippen molar-refractivity contribution in [2.75, 3.05) is 33.8 Å². The first-order valence-electron chi connectivity index (χ1n) is 5.24. The zero-order chi connectivity index (χ0) is 12.8. The largest absolute Gasteiger partial charge is 0.468 e. The third kappa shape index (κ3) is 3.18. The van der Waals surface area contributed by atoms with Gasteiger partial charge in [0.15, 0.2) is 0 Å². The summed E-state index contributed by atoms with van der Waals surface area (Å²) in [5, 5.41) is 0. The normalized spacial score (nSPS) is 12.3. The van der Waals surface area contributed by atoms with Crippen LogP contribution in [-0.4, -0.2) is 39.2 Å². The van der Waals surface area contributed by atoms with Crippen LogP contribution in [0.15, 0.2) is 24.3 Å². The lowest BCUT2D eigenvalue weighted by Gasteiger charge is -2.24. The number of anilines is 1. The molecule has 1 aromatic rings. The molecule has 0 fully saturated rings. The second-order valence-corrected chi connectivity index (χ2v) is 3.78. The van der Waals surface area contributed by atoms with Crippen LogP contribution in [0.4, 0.5) is 5.69 Å². The van der Waals surface area contributed by atoms with Gasteiger partial charge in [0.2, 0.25) is 0 Å². The van der Waals surface area contributed by atoms with E-state index in [-0.39, 0.29) is 5.97 Å². The van der Waals surface area contributed by atoms with Gasteiger partial charge in [0.1, 0.15) is 6.04 Å². The van der Waals surface area contributed by atoms with Gasteiger partial charge in [-0.2, -0.15) is 0 Å². The Morgan fingerprint density at radius 3 is 2.47 bits per heavy atom. The van der Waals surface area contributed by atoms with E-state index in [1.165, 1.54) is 14.2 Å². The van der Waals surface area contributed by atoms with Crippen molar-refractivity contribution in [3.05, 3.63) is 29.8 Å². The molecule has 1 atom stereocenters. The van der Waals surface area contributed by atoms with Gasteiger partial charge in [-0.15, -0.1) is 0 Å². The molecular formula is C12H18N2O3. The quantitative estimate of drug-likeness (QED) is 0.621. The van der Waals surface area contributed by atoms with Crippen LogP contribution in [0.5, 0.6) is 0 Å². The standard InChI is InChI=1S/C12H18N2O3/c1-14(2)11(12(15)16-3)9-7-5-6-8-10(9)13-17-4/h5-8,11,13H,1-4H3/t11-/m0/s1. The Labute approximate surface area is 101 Å². The molecule has 0 radical (unpaired) electrons. The van der Waals surface area contributed by atoms with E-state index in [2.05, 4.69) is 5.48 Å². The molecule has 1 rings (SSSR count). The summed E-state index contributed by atoms with van der Waals surface area (Å²) in [4.78, 5) is 18.5. The van der Waals surface area contributed by atoms with Crippen molar-refractivity contribution >= 4 is 11.7 Å². The number of para-hydroxylation sites is 1. The Kier molecular flexibility index (Phi) is 4.93. The fourth-order valence-electron chi connectivity index (χ4n) is 1.67. The highest BCUT2D eigenvalue weighted by molar-refractivity contribution is 5.80. The summed E-state index contributed by atoms with van der Waals surface area (Å²) in [7, 11) is 6.56. The topological polar surface area (TPSA) is 50.8 Å². The van der Waals surface area contributed by atoms with Crippen molar-refractivity contribution in [1.29, 1.82) is 0 Å². The minimum atomic E-state index is -0.459. The lowest BCUT2D eigenvalue weighted by atomic mass is 10.0. The fourth-order valence-corrected chi connectivity index (χ4v) is 1.67. The first-order valence-corrected chi connectivity index (χ1v) is 5.24. The van der Waals surface area contributed by atoms with Crippen molar-refractivity contribution in [2.45, 2.75) is 6.04 Å². The third-order valence-electron chi connectivity index (χ3n) is 2.41. The highest BCUT2D eigenvalue weighted by Gasteiger charge is 2.25. The molecule has 0 saturated heterocycles. The van der Waals surface area contributed by atoms with E-state index < -0.39 is 6.04 Å². The number of likely N-dealkylation sites (N-methyl/N-ethyl adjacent to an activating group) is 1. The first kappa shape index (κ1) is 13.5. The maximum atomic E-state index is 11.8. The molecule has 5 heteroatoms. The predicted molar refractivity (Wildman–Crippen MR) is 65.5 cm³/mol. The molecular weight excluding hydrogens is 220 g/mol. The number of esters is 1. The molecule has 0 heterocycles. The van der Waals surface area contributed by atoms with E-state index in [0.717, 1.165) is 11.3 Å². The molecule has 0 spiro atoms. The Bertz CT molecular complexity index is 380. The van der Waals surface area contributed by atoms with Gasteiger partial charge in [0.25, 0.3) is 0 Å². The zero-order valence-corrected chi connectivity index (χ0v) is 10.6. The van der Waals surface area contributed by atoms with Crippen LogP contribution in [0.2, 0.25) is 0 Å². The second-order valence-electron chi connectivity index (χ2n) is 3.78. The molecule has 0 aliphatic heterocycles. The molecule has 1 aromatic carbocycles. The minimum absolute atomic E-state index is 0.305. The number of hydrogen-bond donors (Lipinski definition) is 1. The Morgan fingerprint density at radius 2 is 1.94 bits per heavy atom. The van der Waals surface area contributed by atoms with Crippen LogP contribution in [0.1, 0.15) is 11.6 Å². The van der Waals surface area contributed by atoms with Crippen molar-refractivity contribution < 1.29 is 14.4 Å². The van der Waals surface area contributed by atoms with Gasteiger partial charge in [-0.3, -0.25) is 15.2 Å². The fraction of sp³-hybridized carbons (Fsp3) is 0.417.